The number of methoxy groups -OCH3 is 1. The smallest absolute Gasteiger partial charge is 0.261 e. The molecule has 0 bridgehead atoms. The van der Waals surface area contributed by atoms with Crippen LogP contribution in [0.5, 0.6) is 5.88 Å². The average Bonchev–Trinajstić information content (AvgIpc) is 3.50. The van der Waals surface area contributed by atoms with Gasteiger partial charge in [0.1, 0.15) is 35.3 Å². The number of rotatable bonds is 5. The highest BCUT2D eigenvalue weighted by atomic mass is 19.1. The molecule has 0 aliphatic carbocycles. The number of ether oxygens (including phenoxy) is 1. The number of nitrogens with zero attached hydrogens (tertiary/aromatic N) is 7. The van der Waals surface area contributed by atoms with Crippen molar-refractivity contribution in [3.8, 4) is 34.7 Å². The van der Waals surface area contributed by atoms with Crippen molar-refractivity contribution < 1.29 is 18.3 Å². The van der Waals surface area contributed by atoms with Crippen molar-refractivity contribution in [3.63, 3.8) is 0 Å². The zero-order valence-corrected chi connectivity index (χ0v) is 18.7. The predicted octanol–water partition coefficient (Wildman–Crippen LogP) is 3.30. The van der Waals surface area contributed by atoms with E-state index in [1.165, 1.54) is 42.5 Å². The number of benzene rings is 1. The van der Waals surface area contributed by atoms with Crippen molar-refractivity contribution in [2.75, 3.05) is 12.4 Å². The number of aryl methyl sites for hydroxylation is 1. The summed E-state index contributed by atoms with van der Waals surface area (Å²) in [6.45, 7) is 1.75. The van der Waals surface area contributed by atoms with Crippen molar-refractivity contribution in [2.45, 2.75) is 6.92 Å². The molecule has 5 aromatic rings. The van der Waals surface area contributed by atoms with E-state index >= 15 is 4.39 Å². The van der Waals surface area contributed by atoms with Crippen LogP contribution in [0, 0.1) is 29.9 Å². The van der Waals surface area contributed by atoms with Crippen LogP contribution in [0.3, 0.4) is 0 Å². The molecule has 0 saturated carbocycles. The van der Waals surface area contributed by atoms with Gasteiger partial charge in [0.25, 0.3) is 5.91 Å². The number of anilines is 1. The predicted molar refractivity (Wildman–Crippen MR) is 122 cm³/mol. The second-order valence-electron chi connectivity index (χ2n) is 7.53. The van der Waals surface area contributed by atoms with Gasteiger partial charge in [0.15, 0.2) is 5.82 Å². The van der Waals surface area contributed by atoms with Gasteiger partial charge in [-0.1, -0.05) is 0 Å². The monoisotopic (exact) mass is 487 g/mol. The van der Waals surface area contributed by atoms with Crippen LogP contribution in [0.2, 0.25) is 0 Å². The zero-order valence-electron chi connectivity index (χ0n) is 18.7. The lowest BCUT2D eigenvalue weighted by molar-refractivity contribution is 0.102. The Morgan fingerprint density at radius 3 is 2.78 bits per heavy atom. The molecule has 0 spiro atoms. The lowest BCUT2D eigenvalue weighted by Crippen LogP contribution is -2.15. The van der Waals surface area contributed by atoms with E-state index in [9.17, 15) is 9.18 Å². The summed E-state index contributed by atoms with van der Waals surface area (Å²) in [5.41, 5.74) is 0.213. The Bertz CT molecular complexity index is 1690. The third-order valence-corrected chi connectivity index (χ3v) is 5.24. The lowest BCUT2D eigenvalue weighted by atomic mass is 10.1. The van der Waals surface area contributed by atoms with E-state index in [-0.39, 0.29) is 28.4 Å². The number of imidazole rings is 1. The summed E-state index contributed by atoms with van der Waals surface area (Å²) in [6.07, 6.45) is 5.49. The molecule has 0 aliphatic rings. The maximum Gasteiger partial charge on any atom is 0.261 e. The first-order valence-electron chi connectivity index (χ1n) is 10.4. The van der Waals surface area contributed by atoms with Crippen LogP contribution in [0.4, 0.5) is 14.5 Å². The molecule has 0 unspecified atom stereocenters. The molecule has 36 heavy (non-hydrogen) atoms. The largest absolute Gasteiger partial charge is 0.480 e. The van der Waals surface area contributed by atoms with Gasteiger partial charge in [0.05, 0.1) is 41.3 Å². The van der Waals surface area contributed by atoms with Crippen LogP contribution in [0.1, 0.15) is 21.7 Å². The van der Waals surface area contributed by atoms with Crippen LogP contribution in [0.15, 0.2) is 43.1 Å². The van der Waals surface area contributed by atoms with Crippen molar-refractivity contribution in [2.24, 2.45) is 0 Å². The number of carbonyl (C=O) groups excluding carboxylic acids is 1. The Hall–Kier alpha value is -5.25. The van der Waals surface area contributed by atoms with Gasteiger partial charge < -0.3 is 14.5 Å². The molecular formula is C23H15F2N9O2. The van der Waals surface area contributed by atoms with Gasteiger partial charge in [-0.15, -0.1) is 0 Å². The number of aromatic amines is 1. The summed E-state index contributed by atoms with van der Waals surface area (Å²) in [5, 5.41) is 18.3. The van der Waals surface area contributed by atoms with Gasteiger partial charge in [-0.25, -0.2) is 23.7 Å². The van der Waals surface area contributed by atoms with Gasteiger partial charge >= 0.3 is 0 Å². The van der Waals surface area contributed by atoms with E-state index in [4.69, 9.17) is 10.00 Å². The Labute approximate surface area is 201 Å². The topological polar surface area (TPSA) is 147 Å². The van der Waals surface area contributed by atoms with Crippen LogP contribution in [-0.2, 0) is 0 Å². The van der Waals surface area contributed by atoms with Crippen LogP contribution in [-0.4, -0.2) is 47.6 Å². The van der Waals surface area contributed by atoms with Gasteiger partial charge in [-0.05, 0) is 25.1 Å². The highest BCUT2D eigenvalue weighted by Crippen LogP contribution is 2.31. The second kappa shape index (κ2) is 8.84. The molecule has 11 nitrogen and oxygen atoms in total. The SMILES string of the molecule is COc1ncc(C#N)cc1C(=O)Nc1ccc(F)c(-c2cn3cnc(-c4n[nH]c(C)n4)c3cn2)c1F. The summed E-state index contributed by atoms with van der Waals surface area (Å²) in [4.78, 5) is 29.4. The van der Waals surface area contributed by atoms with E-state index in [1.54, 1.807) is 6.92 Å². The lowest BCUT2D eigenvalue weighted by Gasteiger charge is -2.12. The van der Waals surface area contributed by atoms with E-state index in [2.05, 4.69) is 35.5 Å². The minimum absolute atomic E-state index is 0.0329. The normalized spacial score (nSPS) is 10.9. The van der Waals surface area contributed by atoms with E-state index in [0.29, 0.717) is 22.9 Å². The number of H-pyrrole nitrogens is 1. The van der Waals surface area contributed by atoms with Crippen molar-refractivity contribution >= 4 is 17.1 Å². The second-order valence-corrected chi connectivity index (χ2v) is 7.53. The molecular weight excluding hydrogens is 472 g/mol. The summed E-state index contributed by atoms with van der Waals surface area (Å²) in [6, 6.07) is 5.22. The summed E-state index contributed by atoms with van der Waals surface area (Å²) in [7, 11) is 1.30. The summed E-state index contributed by atoms with van der Waals surface area (Å²) < 4.78 is 36.8. The molecule has 13 heteroatoms. The molecule has 4 heterocycles. The van der Waals surface area contributed by atoms with Crippen molar-refractivity contribution in [1.82, 2.24) is 34.5 Å². The fourth-order valence-electron chi connectivity index (χ4n) is 3.56. The molecule has 1 aromatic carbocycles. The average molecular weight is 487 g/mol. The number of halogens is 2. The number of carbonyl (C=O) groups is 1. The Kier molecular flexibility index (Phi) is 5.53. The standard InChI is InChI=1S/C23H15F2N9O2/c1-11-30-21(33-32-11)20-17-8-27-16(9-34(17)10-29-20)18-14(24)3-4-15(19(18)25)31-22(35)13-5-12(6-26)7-28-23(13)36-2/h3-5,7-10H,1-2H3,(H,31,35)(H,30,32,33). The molecule has 0 atom stereocenters. The summed E-state index contributed by atoms with van der Waals surface area (Å²) in [5.74, 6) is -1.81. The van der Waals surface area contributed by atoms with Gasteiger partial charge in [-0.2, -0.15) is 10.4 Å². The Balaban J connectivity index is 1.52. The molecule has 4 aromatic heterocycles. The Morgan fingerprint density at radius 2 is 2.06 bits per heavy atom. The molecule has 178 valence electrons. The number of pyridine rings is 1. The first kappa shape index (κ1) is 22.5. The number of fused-ring (bicyclic) bond motifs is 1. The molecule has 0 saturated heterocycles. The highest BCUT2D eigenvalue weighted by molar-refractivity contribution is 6.06. The minimum Gasteiger partial charge on any atom is -0.480 e. The summed E-state index contributed by atoms with van der Waals surface area (Å²) >= 11 is 0. The molecule has 1 amide bonds. The van der Waals surface area contributed by atoms with Crippen molar-refractivity contribution in [1.29, 1.82) is 5.26 Å². The zero-order chi connectivity index (χ0) is 25.4. The van der Waals surface area contributed by atoms with Crippen molar-refractivity contribution in [3.05, 3.63) is 71.7 Å². The van der Waals surface area contributed by atoms with Gasteiger partial charge in [-0.3, -0.25) is 14.9 Å². The number of aromatic nitrogens is 7. The van der Waals surface area contributed by atoms with E-state index in [1.807, 2.05) is 6.07 Å². The van der Waals surface area contributed by atoms with Gasteiger partial charge in [0.2, 0.25) is 11.7 Å². The third-order valence-electron chi connectivity index (χ3n) is 5.24. The number of hydrogen-bond donors (Lipinski definition) is 2. The fourth-order valence-corrected chi connectivity index (χ4v) is 3.56. The number of hydrogen-bond acceptors (Lipinski definition) is 8. The van der Waals surface area contributed by atoms with Gasteiger partial charge in [0, 0.05) is 12.4 Å². The minimum atomic E-state index is -1.04. The number of nitriles is 1. The third kappa shape index (κ3) is 3.86. The van der Waals surface area contributed by atoms with E-state index in [0.717, 1.165) is 12.1 Å². The Morgan fingerprint density at radius 1 is 1.22 bits per heavy atom. The first-order valence-corrected chi connectivity index (χ1v) is 10.4. The maximum atomic E-state index is 15.5. The molecule has 0 aliphatic heterocycles. The van der Waals surface area contributed by atoms with E-state index < -0.39 is 23.1 Å². The van der Waals surface area contributed by atoms with Crippen LogP contribution < -0.4 is 10.1 Å². The highest BCUT2D eigenvalue weighted by Gasteiger charge is 2.22. The molecule has 5 rings (SSSR count). The molecule has 2 N–H and O–H groups in total. The first-order chi connectivity index (χ1) is 17.4. The molecule has 0 radical (unpaired) electrons. The quantitative estimate of drug-likeness (QED) is 0.384. The molecule has 0 fully saturated rings. The maximum absolute atomic E-state index is 15.5. The van der Waals surface area contributed by atoms with Crippen LogP contribution in [0.25, 0.3) is 28.3 Å². The number of amides is 1. The number of nitrogens with one attached hydrogen (secondary N) is 2. The fraction of sp³-hybridized carbons (Fsp3) is 0.0870. The van der Waals surface area contributed by atoms with Crippen LogP contribution >= 0.6 is 0 Å².